The van der Waals surface area contributed by atoms with Gasteiger partial charge >= 0.3 is 0 Å². The molecule has 0 amide bonds. The number of aromatic nitrogens is 5. The fourth-order valence-corrected chi connectivity index (χ4v) is 6.17. The second kappa shape index (κ2) is 8.42. The van der Waals surface area contributed by atoms with Crippen molar-refractivity contribution in [2.75, 3.05) is 0 Å². The summed E-state index contributed by atoms with van der Waals surface area (Å²) in [6, 6.07) is 35.6. The van der Waals surface area contributed by atoms with Gasteiger partial charge in [0.1, 0.15) is 0 Å². The highest BCUT2D eigenvalue weighted by atomic mass is 15.2. The van der Waals surface area contributed by atoms with Crippen LogP contribution in [0.2, 0.25) is 0 Å². The predicted octanol–water partition coefficient (Wildman–Crippen LogP) is 8.00. The zero-order valence-electron chi connectivity index (χ0n) is 22.2. The summed E-state index contributed by atoms with van der Waals surface area (Å²) in [5, 5.41) is 2.21. The Bertz CT molecular complexity index is 2020. The minimum Gasteiger partial charge on any atom is -0.278 e. The maximum Gasteiger partial charge on any atom is 0.238 e. The van der Waals surface area contributed by atoms with Crippen molar-refractivity contribution in [3.8, 4) is 39.9 Å². The molecule has 0 saturated heterocycles. The van der Waals surface area contributed by atoms with Gasteiger partial charge in [-0.1, -0.05) is 98.8 Å². The van der Waals surface area contributed by atoms with Crippen molar-refractivity contribution < 1.29 is 0 Å². The predicted molar refractivity (Wildman–Crippen MR) is 160 cm³/mol. The van der Waals surface area contributed by atoms with Gasteiger partial charge in [0.2, 0.25) is 5.95 Å². The molecule has 0 bridgehead atoms. The zero-order valence-corrected chi connectivity index (χ0v) is 22.2. The van der Waals surface area contributed by atoms with Crippen LogP contribution in [0.1, 0.15) is 25.0 Å². The van der Waals surface area contributed by atoms with E-state index in [1.807, 2.05) is 79.1 Å². The average molecular weight is 516 g/mol. The summed E-state index contributed by atoms with van der Waals surface area (Å²) in [5.41, 5.74) is 9.09. The lowest BCUT2D eigenvalue weighted by Crippen LogP contribution is -2.15. The maximum atomic E-state index is 5.06. The Balaban J connectivity index is 1.46. The fourth-order valence-electron chi connectivity index (χ4n) is 6.17. The lowest BCUT2D eigenvalue weighted by molar-refractivity contribution is 0.661. The van der Waals surface area contributed by atoms with Gasteiger partial charge in [-0.2, -0.15) is 9.97 Å². The van der Waals surface area contributed by atoms with Crippen molar-refractivity contribution >= 4 is 21.8 Å². The Morgan fingerprint density at radius 3 is 1.93 bits per heavy atom. The second-order valence-electron chi connectivity index (χ2n) is 10.8. The van der Waals surface area contributed by atoms with Crippen LogP contribution in [-0.4, -0.2) is 24.5 Å². The number of fused-ring (bicyclic) bond motifs is 6. The monoisotopic (exact) mass is 515 g/mol. The van der Waals surface area contributed by atoms with Gasteiger partial charge in [-0.3, -0.25) is 9.55 Å². The summed E-state index contributed by atoms with van der Waals surface area (Å²) >= 11 is 0. The molecule has 0 unspecified atom stereocenters. The number of hydrogen-bond acceptors (Lipinski definition) is 4. The molecule has 0 saturated carbocycles. The molecule has 0 N–H and O–H groups in total. The van der Waals surface area contributed by atoms with Crippen molar-refractivity contribution in [2.24, 2.45) is 0 Å². The quantitative estimate of drug-likeness (QED) is 0.239. The van der Waals surface area contributed by atoms with E-state index in [0.29, 0.717) is 17.6 Å². The highest BCUT2D eigenvalue weighted by molar-refractivity contribution is 6.11. The summed E-state index contributed by atoms with van der Waals surface area (Å²) in [4.78, 5) is 19.5. The van der Waals surface area contributed by atoms with Crippen LogP contribution in [0.3, 0.4) is 0 Å². The van der Waals surface area contributed by atoms with Crippen LogP contribution in [0, 0.1) is 0 Å². The standard InChI is InChI=1S/C35H25N5/c1-35(2)28-16-10-9-15-24(28)25-19-26-27-21-36-18-17-30(27)40(31(26)20-29(25)35)34-38-32(22-11-5-3-6-12-22)37-33(39-34)23-13-7-4-8-14-23/h3-21H,1-2H3. The summed E-state index contributed by atoms with van der Waals surface area (Å²) in [5.74, 6) is 1.87. The molecule has 4 aromatic carbocycles. The molecule has 190 valence electrons. The number of benzene rings is 4. The Hall–Kier alpha value is -5.16. The molecule has 7 aromatic rings. The fraction of sp³-hybridized carbons (Fsp3) is 0.0857. The Morgan fingerprint density at radius 1 is 0.575 bits per heavy atom. The van der Waals surface area contributed by atoms with E-state index in [2.05, 4.69) is 59.8 Å². The highest BCUT2D eigenvalue weighted by Gasteiger charge is 2.36. The molecule has 1 aliphatic rings. The SMILES string of the molecule is CC1(C)c2ccccc2-c2cc3c4cnccc4n(-c4nc(-c5ccccc5)nc(-c5ccccc5)n4)c3cc21. The average Bonchev–Trinajstić information content (AvgIpc) is 3.45. The van der Waals surface area contributed by atoms with Crippen LogP contribution in [0.15, 0.2) is 116 Å². The van der Waals surface area contributed by atoms with Crippen LogP contribution >= 0.6 is 0 Å². The molecule has 3 aromatic heterocycles. The van der Waals surface area contributed by atoms with E-state index in [9.17, 15) is 0 Å². The van der Waals surface area contributed by atoms with Crippen molar-refractivity contribution in [1.29, 1.82) is 0 Å². The molecule has 3 heterocycles. The first-order valence-corrected chi connectivity index (χ1v) is 13.5. The lowest BCUT2D eigenvalue weighted by atomic mass is 9.82. The molecular weight excluding hydrogens is 490 g/mol. The van der Waals surface area contributed by atoms with Crippen LogP contribution in [0.5, 0.6) is 0 Å². The first-order valence-electron chi connectivity index (χ1n) is 13.5. The largest absolute Gasteiger partial charge is 0.278 e. The van der Waals surface area contributed by atoms with Gasteiger partial charge in [0, 0.05) is 39.7 Å². The summed E-state index contributed by atoms with van der Waals surface area (Å²) in [7, 11) is 0. The third kappa shape index (κ3) is 3.27. The Labute approximate surface area is 231 Å². The molecule has 0 spiro atoms. The third-order valence-electron chi connectivity index (χ3n) is 8.16. The molecule has 5 nitrogen and oxygen atoms in total. The lowest BCUT2D eigenvalue weighted by Gasteiger charge is -2.21. The number of hydrogen-bond donors (Lipinski definition) is 0. The summed E-state index contributed by atoms with van der Waals surface area (Å²) in [6.45, 7) is 4.62. The second-order valence-corrected chi connectivity index (χ2v) is 10.8. The Morgan fingerprint density at radius 2 is 1.23 bits per heavy atom. The van der Waals surface area contributed by atoms with Crippen molar-refractivity contribution in [2.45, 2.75) is 19.3 Å². The van der Waals surface area contributed by atoms with E-state index >= 15 is 0 Å². The molecule has 0 radical (unpaired) electrons. The zero-order chi connectivity index (χ0) is 26.8. The van der Waals surface area contributed by atoms with E-state index < -0.39 is 0 Å². The smallest absolute Gasteiger partial charge is 0.238 e. The molecule has 0 aliphatic heterocycles. The maximum absolute atomic E-state index is 5.06. The number of rotatable bonds is 3. The first kappa shape index (κ1) is 22.8. The third-order valence-corrected chi connectivity index (χ3v) is 8.16. The van der Waals surface area contributed by atoms with Gasteiger partial charge in [0.15, 0.2) is 11.6 Å². The minimum absolute atomic E-state index is 0.122. The van der Waals surface area contributed by atoms with E-state index in [1.54, 1.807) is 0 Å². The van der Waals surface area contributed by atoms with Gasteiger partial charge in [-0.15, -0.1) is 0 Å². The van der Waals surface area contributed by atoms with Crippen LogP contribution in [0.4, 0.5) is 0 Å². The molecule has 0 fully saturated rings. The van der Waals surface area contributed by atoms with Gasteiger partial charge in [0.25, 0.3) is 0 Å². The van der Waals surface area contributed by atoms with Crippen LogP contribution in [-0.2, 0) is 5.41 Å². The van der Waals surface area contributed by atoms with E-state index in [4.69, 9.17) is 15.0 Å². The minimum atomic E-state index is -0.122. The summed E-state index contributed by atoms with van der Waals surface area (Å²) in [6.07, 6.45) is 3.78. The summed E-state index contributed by atoms with van der Waals surface area (Å²) < 4.78 is 2.17. The molecule has 5 heteroatoms. The molecule has 0 atom stereocenters. The number of pyridine rings is 1. The topological polar surface area (TPSA) is 56.5 Å². The van der Waals surface area contributed by atoms with Crippen LogP contribution < -0.4 is 0 Å². The van der Waals surface area contributed by atoms with Crippen molar-refractivity contribution in [3.05, 3.63) is 127 Å². The van der Waals surface area contributed by atoms with E-state index in [-0.39, 0.29) is 5.41 Å². The normalized spacial score (nSPS) is 13.4. The Kier molecular flexibility index (Phi) is 4.80. The van der Waals surface area contributed by atoms with Gasteiger partial charge in [0.05, 0.1) is 11.0 Å². The molecule has 1 aliphatic carbocycles. The molecule has 8 rings (SSSR count). The van der Waals surface area contributed by atoms with Gasteiger partial charge in [-0.05, 0) is 40.5 Å². The molecule has 40 heavy (non-hydrogen) atoms. The van der Waals surface area contributed by atoms with E-state index in [1.165, 1.54) is 22.3 Å². The van der Waals surface area contributed by atoms with Crippen LogP contribution in [0.25, 0.3) is 61.7 Å². The van der Waals surface area contributed by atoms with Crippen molar-refractivity contribution in [1.82, 2.24) is 24.5 Å². The van der Waals surface area contributed by atoms with Gasteiger partial charge in [-0.25, -0.2) is 4.98 Å². The van der Waals surface area contributed by atoms with Crippen molar-refractivity contribution in [3.63, 3.8) is 0 Å². The number of nitrogens with zero attached hydrogens (tertiary/aromatic N) is 5. The van der Waals surface area contributed by atoms with E-state index in [0.717, 1.165) is 32.9 Å². The molecular formula is C35H25N5. The highest BCUT2D eigenvalue weighted by Crippen LogP contribution is 2.50. The first-order chi connectivity index (χ1) is 19.6. The van der Waals surface area contributed by atoms with Gasteiger partial charge < -0.3 is 0 Å².